The minimum atomic E-state index is -0.169. The maximum absolute atomic E-state index is 13.4. The van der Waals surface area contributed by atoms with Crippen LogP contribution >= 0.6 is 0 Å². The summed E-state index contributed by atoms with van der Waals surface area (Å²) in [5.74, 6) is 4.71. The van der Waals surface area contributed by atoms with Gasteiger partial charge in [-0.2, -0.15) is 0 Å². The van der Waals surface area contributed by atoms with Gasteiger partial charge in [0.15, 0.2) is 0 Å². The molecule has 0 spiro atoms. The molecule has 0 radical (unpaired) electrons. The van der Waals surface area contributed by atoms with Crippen LogP contribution in [0.1, 0.15) is 84.5 Å². The zero-order valence-electron chi connectivity index (χ0n) is 19.4. The summed E-state index contributed by atoms with van der Waals surface area (Å²) in [5, 5.41) is 19.2. The summed E-state index contributed by atoms with van der Waals surface area (Å²) in [6.45, 7) is 7.48. The number of hydrogen-bond donors (Lipinski definition) is 2. The number of carbonyl (C=O) groups is 1. The van der Waals surface area contributed by atoms with E-state index in [0.29, 0.717) is 18.9 Å². The number of nitrogens with zero attached hydrogens (tertiary/aromatic N) is 1. The van der Waals surface area contributed by atoms with Crippen LogP contribution in [0.5, 0.6) is 0 Å². The second-order valence-corrected chi connectivity index (χ2v) is 11.4. The summed E-state index contributed by atoms with van der Waals surface area (Å²) in [7, 11) is 0. The first-order chi connectivity index (χ1) is 14.5. The van der Waals surface area contributed by atoms with Crippen molar-refractivity contribution in [3.63, 3.8) is 0 Å². The molecule has 3 saturated carbocycles. The van der Waals surface area contributed by atoms with Crippen LogP contribution in [-0.2, 0) is 4.79 Å². The highest BCUT2D eigenvalue weighted by Crippen LogP contribution is 2.63. The molecule has 7 atom stereocenters. The van der Waals surface area contributed by atoms with Crippen LogP contribution in [0.4, 0.5) is 0 Å². The number of aliphatic hydroxyl groups is 2. The van der Waals surface area contributed by atoms with E-state index in [0.717, 1.165) is 68.4 Å². The summed E-state index contributed by atoms with van der Waals surface area (Å²) in [5.41, 5.74) is 0.203. The van der Waals surface area contributed by atoms with Crippen LogP contribution in [-0.4, -0.2) is 53.2 Å². The summed E-state index contributed by atoms with van der Waals surface area (Å²) >= 11 is 0. The number of hydrogen-bond acceptors (Lipinski definition) is 4. The molecule has 172 valence electrons. The van der Waals surface area contributed by atoms with Gasteiger partial charge in [0, 0.05) is 25.6 Å². The molecular formula is C26H45NO3. The lowest BCUT2D eigenvalue weighted by atomic mass is 9.50. The Kier molecular flexibility index (Phi) is 7.26. The van der Waals surface area contributed by atoms with Gasteiger partial charge in [-0.1, -0.05) is 20.3 Å². The third-order valence-electron chi connectivity index (χ3n) is 10.1. The van der Waals surface area contributed by atoms with Crippen molar-refractivity contribution < 1.29 is 15.0 Å². The van der Waals surface area contributed by atoms with Gasteiger partial charge in [-0.3, -0.25) is 9.69 Å². The van der Waals surface area contributed by atoms with Gasteiger partial charge >= 0.3 is 0 Å². The lowest BCUT2D eigenvalue weighted by Gasteiger charge is -2.54. The smallest absolute Gasteiger partial charge is 0.150 e. The molecule has 0 aromatic rings. The second-order valence-electron chi connectivity index (χ2n) is 11.4. The largest absolute Gasteiger partial charge is 0.396 e. The number of fused-ring (bicyclic) bond motifs is 3. The van der Waals surface area contributed by atoms with Crippen molar-refractivity contribution in [1.29, 1.82) is 0 Å². The minimum absolute atomic E-state index is 0.169. The third kappa shape index (κ3) is 4.26. The van der Waals surface area contributed by atoms with Crippen molar-refractivity contribution in [2.24, 2.45) is 40.9 Å². The number of piperidine rings is 1. The van der Waals surface area contributed by atoms with Crippen molar-refractivity contribution in [3.05, 3.63) is 0 Å². The molecule has 0 amide bonds. The highest BCUT2D eigenvalue weighted by molar-refractivity contribution is 5.84. The molecule has 1 unspecified atom stereocenters. The molecule has 0 aromatic heterocycles. The molecule has 3 aliphatic carbocycles. The van der Waals surface area contributed by atoms with E-state index in [-0.39, 0.29) is 17.4 Å². The second kappa shape index (κ2) is 9.58. The van der Waals surface area contributed by atoms with Gasteiger partial charge in [0.1, 0.15) is 5.78 Å². The van der Waals surface area contributed by atoms with Crippen molar-refractivity contribution in [2.75, 3.05) is 26.2 Å². The molecule has 2 N–H and O–H groups in total. The fourth-order valence-electron chi connectivity index (χ4n) is 8.45. The molecule has 4 fully saturated rings. The summed E-state index contributed by atoms with van der Waals surface area (Å²) in [6, 6.07) is 0. The first-order valence-corrected chi connectivity index (χ1v) is 13.0. The summed E-state index contributed by atoms with van der Waals surface area (Å²) < 4.78 is 0. The number of rotatable bonds is 7. The molecule has 4 aliphatic rings. The molecule has 1 saturated heterocycles. The molecule has 4 heteroatoms. The van der Waals surface area contributed by atoms with E-state index < -0.39 is 0 Å². The molecule has 0 aromatic carbocycles. The molecule has 30 heavy (non-hydrogen) atoms. The molecule has 4 nitrogen and oxygen atoms in total. The average Bonchev–Trinajstić information content (AvgIpc) is 3.11. The zero-order chi connectivity index (χ0) is 21.3. The lowest BCUT2D eigenvalue weighted by molar-refractivity contribution is -0.131. The predicted molar refractivity (Wildman–Crippen MR) is 120 cm³/mol. The van der Waals surface area contributed by atoms with E-state index in [1.165, 1.54) is 44.9 Å². The number of Topliss-reactive ketones (excluding diaryl/α,β-unsaturated/α-hetero) is 1. The van der Waals surface area contributed by atoms with E-state index in [4.69, 9.17) is 0 Å². The Balaban J connectivity index is 1.43. The van der Waals surface area contributed by atoms with E-state index in [1.54, 1.807) is 0 Å². The Morgan fingerprint density at radius 1 is 1.03 bits per heavy atom. The van der Waals surface area contributed by atoms with E-state index in [1.807, 2.05) is 0 Å². The highest BCUT2D eigenvalue weighted by Gasteiger charge is 2.57. The van der Waals surface area contributed by atoms with Crippen LogP contribution in [0.25, 0.3) is 0 Å². The van der Waals surface area contributed by atoms with Crippen molar-refractivity contribution in [3.8, 4) is 0 Å². The minimum Gasteiger partial charge on any atom is -0.396 e. The Morgan fingerprint density at radius 2 is 1.80 bits per heavy atom. The van der Waals surface area contributed by atoms with Crippen molar-refractivity contribution in [1.82, 2.24) is 4.90 Å². The normalized spacial score (nSPS) is 42.7. The van der Waals surface area contributed by atoms with Crippen LogP contribution in [0, 0.1) is 40.9 Å². The van der Waals surface area contributed by atoms with Gasteiger partial charge in [0.2, 0.25) is 0 Å². The first-order valence-electron chi connectivity index (χ1n) is 13.0. The van der Waals surface area contributed by atoms with Crippen molar-refractivity contribution >= 4 is 5.78 Å². The molecule has 4 rings (SSSR count). The average molecular weight is 420 g/mol. The van der Waals surface area contributed by atoms with Crippen molar-refractivity contribution in [2.45, 2.75) is 90.6 Å². The van der Waals surface area contributed by atoms with Crippen LogP contribution in [0.15, 0.2) is 0 Å². The number of likely N-dealkylation sites (tertiary alicyclic amines) is 1. The van der Waals surface area contributed by atoms with Gasteiger partial charge in [-0.15, -0.1) is 0 Å². The van der Waals surface area contributed by atoms with Gasteiger partial charge < -0.3 is 10.2 Å². The number of carbonyl (C=O) groups excluding carboxylic acids is 1. The Labute approximate surface area is 183 Å². The predicted octanol–water partition coefficient (Wildman–Crippen LogP) is 4.28. The Hall–Kier alpha value is -0.450. The monoisotopic (exact) mass is 419 g/mol. The summed E-state index contributed by atoms with van der Waals surface area (Å²) in [4.78, 5) is 15.7. The van der Waals surface area contributed by atoms with Gasteiger partial charge in [0.25, 0.3) is 0 Å². The maximum Gasteiger partial charge on any atom is 0.150 e. The number of ketones is 1. The maximum atomic E-state index is 13.4. The highest BCUT2D eigenvalue weighted by atomic mass is 16.3. The standard InChI is InChI=1S/C26H45NO3/c1-3-18-6-7-22-21(20(18)5-4-16-28)10-13-26(2)23(22)8-9-24(26)25(30)17-27-14-11-19(29)12-15-27/h18-24,28-29H,3-17H2,1-2H3/t18-,20-,21?,22+,23-,24+,26-/m0/s1. The SMILES string of the molecule is CC[C@H]1CC[C@@H]2C(CC[C@]3(C)[C@@H](C(=O)CN4CCC(O)CC4)CC[C@@H]23)[C@H]1CCCO. The fraction of sp³-hybridized carbons (Fsp3) is 0.962. The van der Waals surface area contributed by atoms with Gasteiger partial charge in [0.05, 0.1) is 12.6 Å². The zero-order valence-corrected chi connectivity index (χ0v) is 19.4. The molecule has 1 heterocycles. The van der Waals surface area contributed by atoms with Crippen LogP contribution < -0.4 is 0 Å². The topological polar surface area (TPSA) is 60.8 Å². The van der Waals surface area contributed by atoms with Crippen LogP contribution in [0.3, 0.4) is 0 Å². The number of aliphatic hydroxyl groups excluding tert-OH is 2. The Bertz CT molecular complexity index is 587. The lowest BCUT2D eigenvalue weighted by Crippen LogP contribution is -2.49. The summed E-state index contributed by atoms with van der Waals surface area (Å²) in [6.07, 6.45) is 12.5. The van der Waals surface area contributed by atoms with E-state index in [9.17, 15) is 15.0 Å². The quantitative estimate of drug-likeness (QED) is 0.647. The molecule has 0 bridgehead atoms. The van der Waals surface area contributed by atoms with Crippen LogP contribution in [0.2, 0.25) is 0 Å². The Morgan fingerprint density at radius 3 is 2.50 bits per heavy atom. The fourth-order valence-corrected chi connectivity index (χ4v) is 8.45. The first kappa shape index (κ1) is 22.7. The molecule has 1 aliphatic heterocycles. The van der Waals surface area contributed by atoms with E-state index >= 15 is 0 Å². The van der Waals surface area contributed by atoms with Gasteiger partial charge in [-0.25, -0.2) is 0 Å². The van der Waals surface area contributed by atoms with E-state index in [2.05, 4.69) is 18.7 Å². The third-order valence-corrected chi connectivity index (χ3v) is 10.1. The molecular weight excluding hydrogens is 374 g/mol. The van der Waals surface area contributed by atoms with Gasteiger partial charge in [-0.05, 0) is 99.2 Å².